The van der Waals surface area contributed by atoms with Crippen LogP contribution in [-0.2, 0) is 0 Å². The zero-order valence-electron chi connectivity index (χ0n) is 13.0. The largest absolute Gasteiger partial charge is 0.351 e. The summed E-state index contributed by atoms with van der Waals surface area (Å²) in [6.45, 7) is 0.563. The number of nitrogens with zero attached hydrogens (tertiary/aromatic N) is 1. The van der Waals surface area contributed by atoms with Crippen molar-refractivity contribution in [1.82, 2.24) is 15.5 Å². The van der Waals surface area contributed by atoms with Gasteiger partial charge in [-0.15, -0.1) is 11.8 Å². The number of benzene rings is 2. The molecule has 3 aromatic rings. The Hall–Kier alpha value is -2.60. The zero-order valence-corrected chi connectivity index (χ0v) is 13.8. The Morgan fingerprint density at radius 1 is 1.04 bits per heavy atom. The second-order valence-electron chi connectivity index (χ2n) is 5.22. The predicted octanol–water partition coefficient (Wildman–Crippen LogP) is 2.84. The van der Waals surface area contributed by atoms with Gasteiger partial charge < -0.3 is 5.32 Å². The molecule has 0 unspecified atom stereocenters. The SMILES string of the molecule is O=C(NCCCSc1ccccc1)c1n[nH]c(=O)c2ccccc12. The van der Waals surface area contributed by atoms with Crippen molar-refractivity contribution in [3.63, 3.8) is 0 Å². The van der Waals surface area contributed by atoms with Crippen molar-refractivity contribution in [2.75, 3.05) is 12.3 Å². The molecule has 1 heterocycles. The highest BCUT2D eigenvalue weighted by molar-refractivity contribution is 7.99. The molecular weight excluding hydrogens is 322 g/mol. The van der Waals surface area contributed by atoms with Crippen LogP contribution in [0.3, 0.4) is 0 Å². The second-order valence-corrected chi connectivity index (χ2v) is 6.39. The molecule has 0 fully saturated rings. The molecule has 122 valence electrons. The van der Waals surface area contributed by atoms with Crippen molar-refractivity contribution in [1.29, 1.82) is 0 Å². The number of carbonyl (C=O) groups is 1. The maximum atomic E-state index is 12.3. The van der Waals surface area contributed by atoms with E-state index in [1.807, 2.05) is 18.2 Å². The van der Waals surface area contributed by atoms with Crippen LogP contribution in [0.1, 0.15) is 16.9 Å². The minimum atomic E-state index is -0.290. The fraction of sp³-hybridized carbons (Fsp3) is 0.167. The van der Waals surface area contributed by atoms with E-state index in [9.17, 15) is 9.59 Å². The summed E-state index contributed by atoms with van der Waals surface area (Å²) in [5, 5.41) is 10.2. The molecule has 0 aliphatic heterocycles. The first-order valence-corrected chi connectivity index (χ1v) is 8.68. The molecule has 1 aromatic heterocycles. The molecule has 1 amide bonds. The highest BCUT2D eigenvalue weighted by Crippen LogP contribution is 2.17. The van der Waals surface area contributed by atoms with Gasteiger partial charge >= 0.3 is 0 Å². The molecule has 5 nitrogen and oxygen atoms in total. The average molecular weight is 339 g/mol. The third-order valence-corrected chi connectivity index (χ3v) is 4.63. The van der Waals surface area contributed by atoms with Crippen molar-refractivity contribution < 1.29 is 4.79 Å². The predicted molar refractivity (Wildman–Crippen MR) is 96.5 cm³/mol. The van der Waals surface area contributed by atoms with Crippen LogP contribution in [0.2, 0.25) is 0 Å². The number of fused-ring (bicyclic) bond motifs is 1. The van der Waals surface area contributed by atoms with Crippen molar-refractivity contribution in [3.05, 3.63) is 70.6 Å². The van der Waals surface area contributed by atoms with Crippen LogP contribution in [0, 0.1) is 0 Å². The minimum absolute atomic E-state index is 0.251. The van der Waals surface area contributed by atoms with Crippen molar-refractivity contribution >= 4 is 28.4 Å². The Balaban J connectivity index is 1.56. The number of thioether (sulfide) groups is 1. The molecule has 0 bridgehead atoms. The van der Waals surface area contributed by atoms with E-state index in [2.05, 4.69) is 27.6 Å². The Morgan fingerprint density at radius 3 is 2.54 bits per heavy atom. The topological polar surface area (TPSA) is 74.8 Å². The molecule has 2 N–H and O–H groups in total. The summed E-state index contributed by atoms with van der Waals surface area (Å²) in [5.41, 5.74) is -0.0395. The molecule has 0 aliphatic carbocycles. The number of rotatable bonds is 6. The maximum absolute atomic E-state index is 12.3. The van der Waals surface area contributed by atoms with Crippen LogP contribution in [0.4, 0.5) is 0 Å². The van der Waals surface area contributed by atoms with Crippen LogP contribution in [0.25, 0.3) is 10.8 Å². The number of amides is 1. The van der Waals surface area contributed by atoms with Gasteiger partial charge in [0.05, 0.1) is 5.39 Å². The molecule has 6 heteroatoms. The molecule has 24 heavy (non-hydrogen) atoms. The van der Waals surface area contributed by atoms with E-state index in [0.29, 0.717) is 17.3 Å². The number of carbonyl (C=O) groups excluding carboxylic acids is 1. The van der Waals surface area contributed by atoms with Gasteiger partial charge in [-0.1, -0.05) is 36.4 Å². The lowest BCUT2D eigenvalue weighted by Crippen LogP contribution is -2.27. The number of hydrogen-bond donors (Lipinski definition) is 2. The van der Waals surface area contributed by atoms with Gasteiger partial charge in [0.25, 0.3) is 11.5 Å². The van der Waals surface area contributed by atoms with E-state index in [0.717, 1.165) is 12.2 Å². The third kappa shape index (κ3) is 3.83. The van der Waals surface area contributed by atoms with E-state index in [1.54, 1.807) is 36.0 Å². The molecule has 0 aliphatic rings. The summed E-state index contributed by atoms with van der Waals surface area (Å²) >= 11 is 1.76. The highest BCUT2D eigenvalue weighted by atomic mass is 32.2. The summed E-state index contributed by atoms with van der Waals surface area (Å²) in [7, 11) is 0. The summed E-state index contributed by atoms with van der Waals surface area (Å²) in [6, 6.07) is 17.1. The molecule has 2 aromatic carbocycles. The van der Waals surface area contributed by atoms with Gasteiger partial charge in [-0.2, -0.15) is 5.10 Å². The molecule has 3 rings (SSSR count). The minimum Gasteiger partial charge on any atom is -0.351 e. The van der Waals surface area contributed by atoms with Crippen molar-refractivity contribution in [2.24, 2.45) is 0 Å². The fourth-order valence-corrected chi connectivity index (χ4v) is 3.23. The van der Waals surface area contributed by atoms with Crippen molar-refractivity contribution in [2.45, 2.75) is 11.3 Å². The third-order valence-electron chi connectivity index (χ3n) is 3.53. The lowest BCUT2D eigenvalue weighted by atomic mass is 10.1. The average Bonchev–Trinajstić information content (AvgIpc) is 2.63. The summed E-state index contributed by atoms with van der Waals surface area (Å²) < 4.78 is 0. The van der Waals surface area contributed by atoms with Gasteiger partial charge in [0, 0.05) is 16.8 Å². The molecule has 0 spiro atoms. The van der Waals surface area contributed by atoms with E-state index < -0.39 is 0 Å². The van der Waals surface area contributed by atoms with E-state index >= 15 is 0 Å². The second kappa shape index (κ2) is 7.79. The highest BCUT2D eigenvalue weighted by Gasteiger charge is 2.13. The molecular formula is C18H17N3O2S. The van der Waals surface area contributed by atoms with Gasteiger partial charge in [0.1, 0.15) is 0 Å². The summed E-state index contributed by atoms with van der Waals surface area (Å²) in [5.74, 6) is 0.650. The Kier molecular flexibility index (Phi) is 5.28. The monoisotopic (exact) mass is 339 g/mol. The lowest BCUT2D eigenvalue weighted by molar-refractivity contribution is 0.0949. The summed E-state index contributed by atoms with van der Waals surface area (Å²) in [6.07, 6.45) is 0.854. The van der Waals surface area contributed by atoms with Crippen LogP contribution >= 0.6 is 11.8 Å². The van der Waals surface area contributed by atoms with E-state index in [-0.39, 0.29) is 17.2 Å². The molecule has 0 atom stereocenters. The Labute approximate surface area is 143 Å². The number of aromatic nitrogens is 2. The molecule has 0 radical (unpaired) electrons. The molecule has 0 saturated carbocycles. The zero-order chi connectivity index (χ0) is 16.8. The van der Waals surface area contributed by atoms with Crippen molar-refractivity contribution in [3.8, 4) is 0 Å². The number of aromatic amines is 1. The quantitative estimate of drug-likeness (QED) is 0.535. The van der Waals surface area contributed by atoms with Gasteiger partial charge in [-0.3, -0.25) is 9.59 Å². The maximum Gasteiger partial charge on any atom is 0.272 e. The van der Waals surface area contributed by atoms with Gasteiger partial charge in [-0.25, -0.2) is 5.10 Å². The fourth-order valence-electron chi connectivity index (χ4n) is 2.35. The van der Waals surface area contributed by atoms with Crippen LogP contribution in [0.5, 0.6) is 0 Å². The Morgan fingerprint density at radius 2 is 1.75 bits per heavy atom. The van der Waals surface area contributed by atoms with E-state index in [4.69, 9.17) is 0 Å². The van der Waals surface area contributed by atoms with Gasteiger partial charge in [0.2, 0.25) is 0 Å². The van der Waals surface area contributed by atoms with E-state index in [1.165, 1.54) is 4.90 Å². The van der Waals surface area contributed by atoms with Crippen LogP contribution < -0.4 is 10.9 Å². The first-order valence-electron chi connectivity index (χ1n) is 7.69. The smallest absolute Gasteiger partial charge is 0.272 e. The lowest BCUT2D eigenvalue weighted by Gasteiger charge is -2.06. The summed E-state index contributed by atoms with van der Waals surface area (Å²) in [4.78, 5) is 25.3. The first-order chi connectivity index (χ1) is 11.8. The van der Waals surface area contributed by atoms with Gasteiger partial charge in [-0.05, 0) is 30.4 Å². The number of nitrogens with one attached hydrogen (secondary N) is 2. The first kappa shape index (κ1) is 16.3. The normalized spacial score (nSPS) is 10.7. The van der Waals surface area contributed by atoms with Gasteiger partial charge in [0.15, 0.2) is 5.69 Å². The van der Waals surface area contributed by atoms with Crippen LogP contribution in [0.15, 0.2) is 64.3 Å². The number of H-pyrrole nitrogens is 1. The molecule has 0 saturated heterocycles. The van der Waals surface area contributed by atoms with Crippen LogP contribution in [-0.4, -0.2) is 28.4 Å². The Bertz CT molecular complexity index is 893. The number of hydrogen-bond acceptors (Lipinski definition) is 4. The standard InChI is InChI=1S/C18H17N3O2S/c22-17-15-10-5-4-9-14(15)16(20-21-17)18(23)19-11-6-12-24-13-7-2-1-3-8-13/h1-5,7-10H,6,11-12H2,(H,19,23)(H,21,22).